The fraction of sp³-hybridized carbons (Fsp3) is 0.667. The lowest BCUT2D eigenvalue weighted by Crippen LogP contribution is -2.32. The largest absolute Gasteiger partial charge is 0.380 e. The molecular formula is C21H34O2S. The van der Waals surface area contributed by atoms with Gasteiger partial charge in [0.2, 0.25) is 0 Å². The standard InChI is InChI=1S/C21H34O2S/c1-6-7-8-12-15-19(24-17-13-10-9-11-14-17)18(23-5)16-20(22)21(2,3)4/h9-11,13-14,18-19H,6-8,12,15-16H2,1-5H3. The van der Waals surface area contributed by atoms with Crippen molar-refractivity contribution < 1.29 is 9.53 Å². The number of carbonyl (C=O) groups is 1. The highest BCUT2D eigenvalue weighted by Gasteiger charge is 2.29. The molecule has 0 spiro atoms. The second-order valence-electron chi connectivity index (χ2n) is 7.47. The van der Waals surface area contributed by atoms with Gasteiger partial charge in [0.15, 0.2) is 0 Å². The maximum absolute atomic E-state index is 12.5. The van der Waals surface area contributed by atoms with E-state index in [1.54, 1.807) is 7.11 Å². The van der Waals surface area contributed by atoms with Gasteiger partial charge in [0, 0.05) is 29.1 Å². The average Bonchev–Trinajstić information content (AvgIpc) is 2.55. The monoisotopic (exact) mass is 350 g/mol. The van der Waals surface area contributed by atoms with E-state index in [2.05, 4.69) is 31.2 Å². The summed E-state index contributed by atoms with van der Waals surface area (Å²) in [6, 6.07) is 10.5. The molecule has 0 fully saturated rings. The van der Waals surface area contributed by atoms with Crippen LogP contribution in [0.5, 0.6) is 0 Å². The lowest BCUT2D eigenvalue weighted by Gasteiger charge is -2.28. The molecule has 0 radical (unpaired) electrons. The van der Waals surface area contributed by atoms with Gasteiger partial charge in [-0.2, -0.15) is 0 Å². The molecule has 0 amide bonds. The summed E-state index contributed by atoms with van der Waals surface area (Å²) in [6.07, 6.45) is 6.54. The van der Waals surface area contributed by atoms with Crippen molar-refractivity contribution in [3.05, 3.63) is 30.3 Å². The number of carbonyl (C=O) groups excluding carboxylic acids is 1. The van der Waals surface area contributed by atoms with Crippen LogP contribution in [0.2, 0.25) is 0 Å². The van der Waals surface area contributed by atoms with Crippen LogP contribution in [0.4, 0.5) is 0 Å². The number of benzene rings is 1. The van der Waals surface area contributed by atoms with Gasteiger partial charge in [0.1, 0.15) is 5.78 Å². The second-order valence-corrected chi connectivity index (χ2v) is 8.78. The van der Waals surface area contributed by atoms with Gasteiger partial charge >= 0.3 is 0 Å². The first-order valence-electron chi connectivity index (χ1n) is 9.16. The van der Waals surface area contributed by atoms with E-state index in [0.29, 0.717) is 11.7 Å². The van der Waals surface area contributed by atoms with Crippen molar-refractivity contribution >= 4 is 17.5 Å². The summed E-state index contributed by atoms with van der Waals surface area (Å²) >= 11 is 1.85. The molecule has 0 saturated heterocycles. The Kier molecular flexibility index (Phi) is 9.68. The quantitative estimate of drug-likeness (QED) is 0.354. The smallest absolute Gasteiger partial charge is 0.140 e. The topological polar surface area (TPSA) is 26.3 Å². The van der Waals surface area contributed by atoms with Crippen LogP contribution in [-0.2, 0) is 9.53 Å². The van der Waals surface area contributed by atoms with Crippen LogP contribution in [0.25, 0.3) is 0 Å². The van der Waals surface area contributed by atoms with Gasteiger partial charge in [0.25, 0.3) is 0 Å². The third-order valence-electron chi connectivity index (χ3n) is 4.31. The van der Waals surface area contributed by atoms with E-state index in [1.165, 1.54) is 30.6 Å². The van der Waals surface area contributed by atoms with Gasteiger partial charge in [0.05, 0.1) is 6.10 Å². The Balaban J connectivity index is 2.77. The first-order chi connectivity index (χ1) is 11.4. The van der Waals surface area contributed by atoms with Crippen LogP contribution in [-0.4, -0.2) is 24.2 Å². The molecule has 136 valence electrons. The summed E-state index contributed by atoms with van der Waals surface area (Å²) in [4.78, 5) is 13.7. The van der Waals surface area contributed by atoms with Crippen LogP contribution in [0.1, 0.15) is 66.2 Å². The predicted octanol–water partition coefficient (Wildman–Crippen LogP) is 6.14. The summed E-state index contributed by atoms with van der Waals surface area (Å²) in [5.74, 6) is 0.279. The van der Waals surface area contributed by atoms with E-state index >= 15 is 0 Å². The fourth-order valence-electron chi connectivity index (χ4n) is 2.62. The lowest BCUT2D eigenvalue weighted by atomic mass is 9.86. The van der Waals surface area contributed by atoms with Crippen LogP contribution >= 0.6 is 11.8 Å². The second kappa shape index (κ2) is 10.9. The molecule has 0 N–H and O–H groups in total. The first-order valence-corrected chi connectivity index (χ1v) is 10.0. The van der Waals surface area contributed by atoms with Crippen molar-refractivity contribution in [1.82, 2.24) is 0 Å². The average molecular weight is 351 g/mol. The summed E-state index contributed by atoms with van der Waals surface area (Å²) in [5, 5.41) is 0.320. The molecule has 0 aliphatic heterocycles. The zero-order valence-corrected chi connectivity index (χ0v) is 16.8. The minimum absolute atomic E-state index is 0.0245. The number of methoxy groups -OCH3 is 1. The Hall–Kier alpha value is -0.800. The molecule has 1 rings (SSSR count). The molecule has 2 atom stereocenters. The lowest BCUT2D eigenvalue weighted by molar-refractivity contribution is -0.128. The van der Waals surface area contributed by atoms with Gasteiger partial charge in [-0.05, 0) is 18.6 Å². The van der Waals surface area contributed by atoms with Gasteiger partial charge in [-0.3, -0.25) is 4.79 Å². The molecule has 1 aromatic rings. The predicted molar refractivity (Wildman–Crippen MR) is 105 cm³/mol. The molecule has 3 heteroatoms. The molecular weight excluding hydrogens is 316 g/mol. The zero-order chi connectivity index (χ0) is 18.0. The Morgan fingerprint density at radius 2 is 1.79 bits per heavy atom. The number of ether oxygens (including phenoxy) is 1. The Labute approximate surface area is 152 Å². The maximum Gasteiger partial charge on any atom is 0.140 e. The van der Waals surface area contributed by atoms with E-state index in [1.807, 2.05) is 38.6 Å². The minimum atomic E-state index is -0.305. The number of thioether (sulfide) groups is 1. The number of hydrogen-bond acceptors (Lipinski definition) is 3. The van der Waals surface area contributed by atoms with Crippen molar-refractivity contribution in [3.8, 4) is 0 Å². The number of hydrogen-bond donors (Lipinski definition) is 0. The number of Topliss-reactive ketones (excluding diaryl/α,β-unsaturated/α-hetero) is 1. The third-order valence-corrected chi connectivity index (χ3v) is 5.70. The van der Waals surface area contributed by atoms with Crippen LogP contribution in [0.3, 0.4) is 0 Å². The van der Waals surface area contributed by atoms with E-state index in [-0.39, 0.29) is 17.3 Å². The molecule has 0 saturated carbocycles. The van der Waals surface area contributed by atoms with Gasteiger partial charge in [-0.25, -0.2) is 0 Å². The van der Waals surface area contributed by atoms with Gasteiger partial charge in [-0.15, -0.1) is 11.8 Å². The zero-order valence-electron chi connectivity index (χ0n) is 16.0. The highest BCUT2D eigenvalue weighted by atomic mass is 32.2. The molecule has 24 heavy (non-hydrogen) atoms. The Bertz CT molecular complexity index is 464. The summed E-state index contributed by atoms with van der Waals surface area (Å²) in [5.41, 5.74) is -0.305. The Morgan fingerprint density at radius 3 is 2.33 bits per heavy atom. The maximum atomic E-state index is 12.5. The SMILES string of the molecule is CCCCCCC(Sc1ccccc1)C(CC(=O)C(C)(C)C)OC. The van der Waals surface area contributed by atoms with E-state index in [0.717, 1.165) is 6.42 Å². The van der Waals surface area contributed by atoms with Crippen LogP contribution < -0.4 is 0 Å². The summed E-state index contributed by atoms with van der Waals surface area (Å²) in [6.45, 7) is 8.20. The normalized spacial score (nSPS) is 14.4. The molecule has 0 bridgehead atoms. The summed E-state index contributed by atoms with van der Waals surface area (Å²) in [7, 11) is 1.74. The third kappa shape index (κ3) is 7.85. The molecule has 0 heterocycles. The summed E-state index contributed by atoms with van der Waals surface area (Å²) < 4.78 is 5.77. The highest BCUT2D eigenvalue weighted by Crippen LogP contribution is 2.32. The molecule has 0 aliphatic rings. The number of rotatable bonds is 11. The fourth-order valence-corrected chi connectivity index (χ4v) is 3.93. The van der Waals surface area contributed by atoms with Gasteiger partial charge in [-0.1, -0.05) is 71.6 Å². The first kappa shape index (κ1) is 21.2. The van der Waals surface area contributed by atoms with E-state index < -0.39 is 0 Å². The molecule has 0 aromatic heterocycles. The molecule has 1 aromatic carbocycles. The molecule has 2 unspecified atom stereocenters. The minimum Gasteiger partial charge on any atom is -0.380 e. The van der Waals surface area contributed by atoms with Crippen LogP contribution in [0, 0.1) is 5.41 Å². The van der Waals surface area contributed by atoms with E-state index in [4.69, 9.17) is 4.74 Å². The molecule has 0 aliphatic carbocycles. The highest BCUT2D eigenvalue weighted by molar-refractivity contribution is 8.00. The van der Waals surface area contributed by atoms with Crippen LogP contribution in [0.15, 0.2) is 35.2 Å². The van der Waals surface area contributed by atoms with Crippen molar-refractivity contribution in [1.29, 1.82) is 0 Å². The number of ketones is 1. The van der Waals surface area contributed by atoms with Crippen molar-refractivity contribution in [2.75, 3.05) is 7.11 Å². The Morgan fingerprint density at radius 1 is 1.12 bits per heavy atom. The van der Waals surface area contributed by atoms with Crippen molar-refractivity contribution in [2.24, 2.45) is 5.41 Å². The number of unbranched alkanes of at least 4 members (excludes halogenated alkanes) is 3. The molecule has 2 nitrogen and oxygen atoms in total. The van der Waals surface area contributed by atoms with Crippen molar-refractivity contribution in [2.45, 2.75) is 82.5 Å². The van der Waals surface area contributed by atoms with Crippen molar-refractivity contribution in [3.63, 3.8) is 0 Å². The van der Waals surface area contributed by atoms with E-state index in [9.17, 15) is 4.79 Å². The van der Waals surface area contributed by atoms with Gasteiger partial charge < -0.3 is 4.74 Å².